The first-order valence-corrected chi connectivity index (χ1v) is 10.6. The lowest BCUT2D eigenvalue weighted by molar-refractivity contribution is -0.137. The van der Waals surface area contributed by atoms with Crippen LogP contribution in [0, 0.1) is 0 Å². The van der Waals surface area contributed by atoms with Gasteiger partial charge in [0.2, 0.25) is 0 Å². The molecule has 0 saturated carbocycles. The molecule has 1 aromatic heterocycles. The van der Waals surface area contributed by atoms with Gasteiger partial charge < -0.3 is 25.0 Å². The summed E-state index contributed by atoms with van der Waals surface area (Å²) in [6.07, 6.45) is -0.322. The van der Waals surface area contributed by atoms with Crippen LogP contribution < -0.4 is 10.6 Å². The number of fused-ring (bicyclic) bond motifs is 3. The molecule has 170 valence electrons. The second-order valence-electron chi connectivity index (χ2n) is 7.61. The summed E-state index contributed by atoms with van der Waals surface area (Å²) in [5.74, 6) is -1.15. The summed E-state index contributed by atoms with van der Waals surface area (Å²) in [6, 6.07) is 17.6. The van der Waals surface area contributed by atoms with E-state index in [9.17, 15) is 14.4 Å². The number of benzene rings is 2. The molecule has 3 aromatic rings. The van der Waals surface area contributed by atoms with Crippen molar-refractivity contribution in [2.24, 2.45) is 0 Å². The number of ether oxygens (including phenoxy) is 1. The molecule has 1 aliphatic carbocycles. The molecule has 0 spiro atoms. The predicted octanol–water partition coefficient (Wildman–Crippen LogP) is 3.31. The number of alkyl carbamates (subject to hydrolysis) is 1. The lowest BCUT2D eigenvalue weighted by Gasteiger charge is -2.14. The minimum Gasteiger partial charge on any atom is -0.481 e. The van der Waals surface area contributed by atoms with E-state index in [2.05, 4.69) is 27.9 Å². The molecule has 1 aliphatic rings. The smallest absolute Gasteiger partial charge is 0.407 e. The number of nitrogens with one attached hydrogen (secondary N) is 2. The van der Waals surface area contributed by atoms with Crippen molar-refractivity contribution in [2.75, 3.05) is 13.2 Å². The maximum Gasteiger partial charge on any atom is 0.407 e. The molecule has 0 aliphatic heterocycles. The molecule has 1 heterocycles. The van der Waals surface area contributed by atoms with Gasteiger partial charge in [-0.3, -0.25) is 9.59 Å². The summed E-state index contributed by atoms with van der Waals surface area (Å²) in [6.45, 7) is 0.418. The normalized spacial score (nSPS) is 12.0. The number of rotatable bonds is 9. The van der Waals surface area contributed by atoms with Gasteiger partial charge in [-0.25, -0.2) is 4.79 Å². The molecule has 0 atom stereocenters. The zero-order valence-corrected chi connectivity index (χ0v) is 17.7. The Morgan fingerprint density at radius 3 is 2.33 bits per heavy atom. The van der Waals surface area contributed by atoms with Gasteiger partial charge in [-0.2, -0.15) is 0 Å². The lowest BCUT2D eigenvalue weighted by Crippen LogP contribution is -2.26. The Morgan fingerprint density at radius 1 is 1.00 bits per heavy atom. The zero-order chi connectivity index (χ0) is 23.2. The Bertz CT molecular complexity index is 1130. The van der Waals surface area contributed by atoms with Crippen molar-refractivity contribution in [3.8, 4) is 11.1 Å². The first-order chi connectivity index (χ1) is 16.0. The summed E-state index contributed by atoms with van der Waals surface area (Å²) in [5, 5.41) is 17.4. The number of aromatic nitrogens is 1. The molecule has 0 saturated heterocycles. The largest absolute Gasteiger partial charge is 0.481 e. The summed E-state index contributed by atoms with van der Waals surface area (Å²) in [7, 11) is 0. The van der Waals surface area contributed by atoms with Gasteiger partial charge in [0, 0.05) is 24.9 Å². The highest BCUT2D eigenvalue weighted by atomic mass is 16.5. The SMILES string of the molecule is O=C(O)CCCNC(=O)c1cc(CNC(=O)OCC2c3ccccc3-c3ccccc32)on1. The number of aliphatic carboxylic acids is 1. The number of hydrogen-bond acceptors (Lipinski definition) is 6. The average Bonchev–Trinajstić information content (AvgIpc) is 3.42. The maximum absolute atomic E-state index is 12.2. The van der Waals surface area contributed by atoms with Gasteiger partial charge in [-0.05, 0) is 28.7 Å². The van der Waals surface area contributed by atoms with Crippen LogP contribution in [0.3, 0.4) is 0 Å². The number of carboxylic acid groups (broad SMARTS) is 1. The first kappa shape index (κ1) is 22.1. The van der Waals surface area contributed by atoms with Crippen molar-refractivity contribution in [1.29, 1.82) is 0 Å². The molecule has 3 N–H and O–H groups in total. The highest BCUT2D eigenvalue weighted by Gasteiger charge is 2.29. The van der Waals surface area contributed by atoms with Crippen molar-refractivity contribution < 1.29 is 28.8 Å². The Morgan fingerprint density at radius 2 is 1.67 bits per heavy atom. The number of hydrogen-bond donors (Lipinski definition) is 3. The fourth-order valence-corrected chi connectivity index (χ4v) is 3.84. The number of carbonyl (C=O) groups is 3. The van der Waals surface area contributed by atoms with E-state index in [0.717, 1.165) is 22.3 Å². The van der Waals surface area contributed by atoms with Crippen molar-refractivity contribution in [3.63, 3.8) is 0 Å². The average molecular weight is 449 g/mol. The van der Waals surface area contributed by atoms with Gasteiger partial charge in [0.1, 0.15) is 6.61 Å². The fourth-order valence-electron chi connectivity index (χ4n) is 3.84. The Labute approximate surface area is 189 Å². The molecule has 9 heteroatoms. The standard InChI is InChI=1S/C24H23N3O6/c28-22(29)10-5-11-25-23(30)21-12-15(33-27-21)13-26-24(31)32-14-20-18-8-3-1-6-16(18)17-7-2-4-9-19(17)20/h1-4,6-9,12,20H,5,10-11,13-14H2,(H,25,30)(H,26,31)(H,28,29). The molecule has 0 bridgehead atoms. The highest BCUT2D eigenvalue weighted by Crippen LogP contribution is 2.44. The molecule has 2 amide bonds. The molecule has 0 radical (unpaired) electrons. The van der Waals surface area contributed by atoms with Crippen molar-refractivity contribution in [1.82, 2.24) is 15.8 Å². The predicted molar refractivity (Wildman–Crippen MR) is 118 cm³/mol. The van der Waals surface area contributed by atoms with E-state index in [1.807, 2.05) is 36.4 Å². The third-order valence-electron chi connectivity index (χ3n) is 5.40. The summed E-state index contributed by atoms with van der Waals surface area (Å²) in [5.41, 5.74) is 4.60. The van der Waals surface area contributed by atoms with Crippen molar-refractivity contribution in [3.05, 3.63) is 77.2 Å². The number of amides is 2. The van der Waals surface area contributed by atoms with Gasteiger partial charge in [-0.15, -0.1) is 0 Å². The molecule has 4 rings (SSSR count). The van der Waals surface area contributed by atoms with Crippen molar-refractivity contribution >= 4 is 18.0 Å². The van der Waals surface area contributed by atoms with Crippen LogP contribution in [0.15, 0.2) is 59.1 Å². The van der Waals surface area contributed by atoms with Crippen LogP contribution in [0.2, 0.25) is 0 Å². The summed E-state index contributed by atoms with van der Waals surface area (Å²) in [4.78, 5) is 34.7. The molecule has 2 aromatic carbocycles. The molecular formula is C24H23N3O6. The Hall–Kier alpha value is -4.14. The van der Waals surface area contributed by atoms with E-state index >= 15 is 0 Å². The van der Waals surface area contributed by atoms with Crippen LogP contribution in [-0.2, 0) is 16.1 Å². The molecule has 0 fully saturated rings. The first-order valence-electron chi connectivity index (χ1n) is 10.6. The number of carbonyl (C=O) groups excluding carboxylic acids is 2. The second kappa shape index (κ2) is 9.99. The minimum atomic E-state index is -0.924. The maximum atomic E-state index is 12.2. The van der Waals surface area contributed by atoms with Gasteiger partial charge >= 0.3 is 12.1 Å². The van der Waals surface area contributed by atoms with Crippen LogP contribution in [0.4, 0.5) is 4.79 Å². The third kappa shape index (κ3) is 5.20. The minimum absolute atomic E-state index is 0.00989. The summed E-state index contributed by atoms with van der Waals surface area (Å²) < 4.78 is 10.5. The van der Waals surface area contributed by atoms with Crippen LogP contribution in [0.1, 0.15) is 46.1 Å². The van der Waals surface area contributed by atoms with Crippen LogP contribution >= 0.6 is 0 Å². The third-order valence-corrected chi connectivity index (χ3v) is 5.40. The van der Waals surface area contributed by atoms with E-state index in [4.69, 9.17) is 14.4 Å². The second-order valence-corrected chi connectivity index (χ2v) is 7.61. The molecular weight excluding hydrogens is 426 g/mol. The van der Waals surface area contributed by atoms with Gasteiger partial charge in [0.15, 0.2) is 11.5 Å². The van der Waals surface area contributed by atoms with E-state index in [1.165, 1.54) is 6.07 Å². The van der Waals surface area contributed by atoms with E-state index in [1.54, 1.807) is 0 Å². The topological polar surface area (TPSA) is 131 Å². The molecule has 0 unspecified atom stereocenters. The van der Waals surface area contributed by atoms with E-state index in [0.29, 0.717) is 12.2 Å². The van der Waals surface area contributed by atoms with Gasteiger partial charge in [0.25, 0.3) is 5.91 Å². The quantitative estimate of drug-likeness (QED) is 0.427. The van der Waals surface area contributed by atoms with Gasteiger partial charge in [-0.1, -0.05) is 53.7 Å². The van der Waals surface area contributed by atoms with Crippen molar-refractivity contribution in [2.45, 2.75) is 25.3 Å². The molecule has 33 heavy (non-hydrogen) atoms. The number of carboxylic acids is 1. The molecule has 9 nitrogen and oxygen atoms in total. The lowest BCUT2D eigenvalue weighted by atomic mass is 9.98. The number of nitrogens with zero attached hydrogens (tertiary/aromatic N) is 1. The van der Waals surface area contributed by atoms with E-state index < -0.39 is 18.0 Å². The fraction of sp³-hybridized carbons (Fsp3) is 0.250. The van der Waals surface area contributed by atoms with Crippen LogP contribution in [0.25, 0.3) is 11.1 Å². The zero-order valence-electron chi connectivity index (χ0n) is 17.7. The van der Waals surface area contributed by atoms with Gasteiger partial charge in [0.05, 0.1) is 6.54 Å². The van der Waals surface area contributed by atoms with E-state index in [-0.39, 0.29) is 37.7 Å². The Balaban J connectivity index is 1.26. The summed E-state index contributed by atoms with van der Waals surface area (Å²) >= 11 is 0. The van der Waals surface area contributed by atoms with Crippen LogP contribution in [-0.4, -0.2) is 41.4 Å². The Kier molecular flexibility index (Phi) is 6.68. The highest BCUT2D eigenvalue weighted by molar-refractivity contribution is 5.92. The van der Waals surface area contributed by atoms with Crippen LogP contribution in [0.5, 0.6) is 0 Å². The monoisotopic (exact) mass is 449 g/mol.